The number of piperidine rings is 1. The van der Waals surface area contributed by atoms with Crippen molar-refractivity contribution in [2.45, 2.75) is 25.7 Å². The number of hydrogen-bond donors (Lipinski definition) is 1. The molecule has 2 saturated heterocycles. The molecular formula is C16H20ClN3O3. The minimum absolute atomic E-state index is 0.0262. The van der Waals surface area contributed by atoms with Gasteiger partial charge in [0.15, 0.2) is 0 Å². The SMILES string of the molecule is O=C1CCCN1CC1CCN(C(=O)c2c[nH]c(=O)c(Cl)c2)CC1. The summed E-state index contributed by atoms with van der Waals surface area (Å²) in [7, 11) is 0. The molecule has 0 unspecified atom stereocenters. The van der Waals surface area contributed by atoms with Gasteiger partial charge in [-0.1, -0.05) is 11.6 Å². The van der Waals surface area contributed by atoms with E-state index in [1.54, 1.807) is 4.90 Å². The summed E-state index contributed by atoms with van der Waals surface area (Å²) in [5.74, 6) is 0.602. The highest BCUT2D eigenvalue weighted by Crippen LogP contribution is 2.22. The van der Waals surface area contributed by atoms with E-state index in [0.717, 1.165) is 32.4 Å². The van der Waals surface area contributed by atoms with E-state index in [9.17, 15) is 14.4 Å². The molecule has 1 N–H and O–H groups in total. The Morgan fingerprint density at radius 2 is 2.00 bits per heavy atom. The number of likely N-dealkylation sites (tertiary alicyclic amines) is 2. The van der Waals surface area contributed by atoms with Crippen LogP contribution < -0.4 is 5.56 Å². The van der Waals surface area contributed by atoms with Gasteiger partial charge >= 0.3 is 0 Å². The van der Waals surface area contributed by atoms with Crippen LogP contribution in [0.15, 0.2) is 17.1 Å². The minimum Gasteiger partial charge on any atom is -0.342 e. The zero-order chi connectivity index (χ0) is 16.4. The zero-order valence-electron chi connectivity index (χ0n) is 12.9. The minimum atomic E-state index is -0.391. The molecule has 2 aliphatic rings. The highest BCUT2D eigenvalue weighted by Gasteiger charge is 2.28. The third-order valence-corrected chi connectivity index (χ3v) is 4.94. The van der Waals surface area contributed by atoms with Crippen molar-refractivity contribution in [1.82, 2.24) is 14.8 Å². The molecule has 2 fully saturated rings. The van der Waals surface area contributed by atoms with Crippen LogP contribution in [-0.2, 0) is 4.79 Å². The molecule has 3 rings (SSSR count). The lowest BCUT2D eigenvalue weighted by Crippen LogP contribution is -2.42. The van der Waals surface area contributed by atoms with Gasteiger partial charge in [-0.15, -0.1) is 0 Å². The Kier molecular flexibility index (Phi) is 4.71. The van der Waals surface area contributed by atoms with Gasteiger partial charge in [0.25, 0.3) is 11.5 Å². The number of H-pyrrole nitrogens is 1. The smallest absolute Gasteiger partial charge is 0.266 e. The van der Waals surface area contributed by atoms with Crippen molar-refractivity contribution in [3.05, 3.63) is 33.2 Å². The van der Waals surface area contributed by atoms with Gasteiger partial charge in [0, 0.05) is 38.8 Å². The zero-order valence-corrected chi connectivity index (χ0v) is 13.6. The van der Waals surface area contributed by atoms with E-state index in [2.05, 4.69) is 4.98 Å². The molecule has 2 amide bonds. The lowest BCUT2D eigenvalue weighted by Gasteiger charge is -2.34. The van der Waals surface area contributed by atoms with E-state index in [0.29, 0.717) is 31.0 Å². The number of rotatable bonds is 3. The first kappa shape index (κ1) is 16.1. The van der Waals surface area contributed by atoms with Gasteiger partial charge in [-0.3, -0.25) is 14.4 Å². The Morgan fingerprint density at radius 3 is 2.61 bits per heavy atom. The predicted molar refractivity (Wildman–Crippen MR) is 86.5 cm³/mol. The lowest BCUT2D eigenvalue weighted by atomic mass is 9.96. The summed E-state index contributed by atoms with van der Waals surface area (Å²) in [6.07, 6.45) is 4.83. The summed E-state index contributed by atoms with van der Waals surface area (Å²) in [5, 5.41) is 0.0262. The van der Waals surface area contributed by atoms with Crippen molar-refractivity contribution >= 4 is 23.4 Å². The van der Waals surface area contributed by atoms with Gasteiger partial charge < -0.3 is 14.8 Å². The highest BCUT2D eigenvalue weighted by atomic mass is 35.5. The van der Waals surface area contributed by atoms with Crippen molar-refractivity contribution in [3.8, 4) is 0 Å². The monoisotopic (exact) mass is 337 g/mol. The van der Waals surface area contributed by atoms with E-state index in [4.69, 9.17) is 11.6 Å². The molecule has 124 valence electrons. The molecule has 0 aliphatic carbocycles. The maximum absolute atomic E-state index is 12.4. The molecule has 6 nitrogen and oxygen atoms in total. The summed E-state index contributed by atoms with van der Waals surface area (Å²) < 4.78 is 0. The van der Waals surface area contributed by atoms with Crippen molar-refractivity contribution in [1.29, 1.82) is 0 Å². The van der Waals surface area contributed by atoms with Crippen LogP contribution in [0.4, 0.5) is 0 Å². The van der Waals surface area contributed by atoms with E-state index >= 15 is 0 Å². The molecule has 1 aromatic heterocycles. The molecule has 3 heterocycles. The number of nitrogens with one attached hydrogen (secondary N) is 1. The molecule has 1 aromatic rings. The van der Waals surface area contributed by atoms with Crippen LogP contribution in [-0.4, -0.2) is 52.8 Å². The number of carbonyl (C=O) groups is 2. The topological polar surface area (TPSA) is 73.5 Å². The average molecular weight is 338 g/mol. The lowest BCUT2D eigenvalue weighted by molar-refractivity contribution is -0.128. The second-order valence-corrected chi connectivity index (χ2v) is 6.65. The first-order valence-electron chi connectivity index (χ1n) is 8.00. The van der Waals surface area contributed by atoms with E-state index in [1.807, 2.05) is 4.90 Å². The van der Waals surface area contributed by atoms with Crippen LogP contribution in [0, 0.1) is 5.92 Å². The second kappa shape index (κ2) is 6.74. The van der Waals surface area contributed by atoms with Gasteiger partial charge in [-0.2, -0.15) is 0 Å². The van der Waals surface area contributed by atoms with Crippen LogP contribution in [0.1, 0.15) is 36.0 Å². The highest BCUT2D eigenvalue weighted by molar-refractivity contribution is 6.30. The molecule has 23 heavy (non-hydrogen) atoms. The van der Waals surface area contributed by atoms with Crippen molar-refractivity contribution < 1.29 is 9.59 Å². The van der Waals surface area contributed by atoms with E-state index in [1.165, 1.54) is 12.3 Å². The Morgan fingerprint density at radius 1 is 1.26 bits per heavy atom. The Balaban J connectivity index is 1.55. The van der Waals surface area contributed by atoms with Crippen LogP contribution in [0.25, 0.3) is 0 Å². The fourth-order valence-electron chi connectivity index (χ4n) is 3.29. The number of halogens is 1. The quantitative estimate of drug-likeness (QED) is 0.908. The van der Waals surface area contributed by atoms with Crippen molar-refractivity contribution in [2.24, 2.45) is 5.92 Å². The van der Waals surface area contributed by atoms with Crippen LogP contribution in [0.2, 0.25) is 5.02 Å². The molecular weight excluding hydrogens is 318 g/mol. The largest absolute Gasteiger partial charge is 0.342 e. The molecule has 0 radical (unpaired) electrons. The van der Waals surface area contributed by atoms with E-state index < -0.39 is 5.56 Å². The summed E-state index contributed by atoms with van der Waals surface area (Å²) in [4.78, 5) is 41.6. The number of aromatic nitrogens is 1. The molecule has 0 spiro atoms. The standard InChI is InChI=1S/C16H20ClN3O3/c17-13-8-12(9-18-15(13)22)16(23)19-6-3-11(4-7-19)10-20-5-1-2-14(20)21/h8-9,11H,1-7,10H2,(H,18,22). The third kappa shape index (κ3) is 3.58. The average Bonchev–Trinajstić information content (AvgIpc) is 2.95. The van der Waals surface area contributed by atoms with Gasteiger partial charge in [0.05, 0.1) is 5.56 Å². The molecule has 0 atom stereocenters. The number of pyridine rings is 1. The molecule has 0 bridgehead atoms. The number of carbonyl (C=O) groups excluding carboxylic acids is 2. The van der Waals surface area contributed by atoms with E-state index in [-0.39, 0.29) is 16.8 Å². The number of hydrogen-bond acceptors (Lipinski definition) is 3. The van der Waals surface area contributed by atoms with Gasteiger partial charge in [-0.25, -0.2) is 0 Å². The van der Waals surface area contributed by atoms with Crippen LogP contribution in [0.3, 0.4) is 0 Å². The fourth-order valence-corrected chi connectivity index (χ4v) is 3.46. The van der Waals surface area contributed by atoms with Crippen molar-refractivity contribution in [3.63, 3.8) is 0 Å². The van der Waals surface area contributed by atoms with Gasteiger partial charge in [0.2, 0.25) is 5.91 Å². The molecule has 2 aliphatic heterocycles. The number of aromatic amines is 1. The van der Waals surface area contributed by atoms with Crippen LogP contribution >= 0.6 is 11.6 Å². The second-order valence-electron chi connectivity index (χ2n) is 6.24. The summed E-state index contributed by atoms with van der Waals surface area (Å²) in [5.41, 5.74) is 0.0139. The molecule has 0 saturated carbocycles. The summed E-state index contributed by atoms with van der Waals surface area (Å²) in [6, 6.07) is 1.41. The summed E-state index contributed by atoms with van der Waals surface area (Å²) in [6.45, 7) is 3.02. The third-order valence-electron chi connectivity index (χ3n) is 4.66. The van der Waals surface area contributed by atoms with Gasteiger partial charge in [-0.05, 0) is 31.2 Å². The molecule has 0 aromatic carbocycles. The maximum Gasteiger partial charge on any atom is 0.266 e. The Hall–Kier alpha value is -1.82. The summed E-state index contributed by atoms with van der Waals surface area (Å²) >= 11 is 5.78. The Labute approximate surface area is 139 Å². The number of nitrogens with zero attached hydrogens (tertiary/aromatic N) is 2. The first-order chi connectivity index (χ1) is 11.0. The normalized spacial score (nSPS) is 19.4. The predicted octanol–water partition coefficient (Wildman–Crippen LogP) is 1.50. The fraction of sp³-hybridized carbons (Fsp3) is 0.562. The first-order valence-corrected chi connectivity index (χ1v) is 8.37. The van der Waals surface area contributed by atoms with Gasteiger partial charge in [0.1, 0.15) is 5.02 Å². The van der Waals surface area contributed by atoms with Crippen molar-refractivity contribution in [2.75, 3.05) is 26.2 Å². The Bertz CT molecular complexity index is 665. The molecule has 7 heteroatoms. The maximum atomic E-state index is 12.4. The van der Waals surface area contributed by atoms with Crippen LogP contribution in [0.5, 0.6) is 0 Å². The number of amides is 2.